The van der Waals surface area contributed by atoms with Gasteiger partial charge in [-0.25, -0.2) is 0 Å². The highest BCUT2D eigenvalue weighted by atomic mass is 16.5. The molecular formula is C14H19NO. The van der Waals surface area contributed by atoms with Gasteiger partial charge in [0.1, 0.15) is 5.75 Å². The van der Waals surface area contributed by atoms with Gasteiger partial charge in [0, 0.05) is 12.6 Å². The molecule has 0 bridgehead atoms. The predicted octanol–water partition coefficient (Wildman–Crippen LogP) is 2.82. The summed E-state index contributed by atoms with van der Waals surface area (Å²) in [6.07, 6.45) is 5.42. The zero-order valence-electron chi connectivity index (χ0n) is 9.83. The van der Waals surface area contributed by atoms with Crippen LogP contribution in [-0.2, 0) is 6.54 Å². The molecule has 0 saturated heterocycles. The minimum absolute atomic E-state index is 0.702. The summed E-state index contributed by atoms with van der Waals surface area (Å²) in [5.74, 6) is 1.72. The number of methoxy groups -OCH3 is 1. The van der Waals surface area contributed by atoms with Crippen LogP contribution in [0.3, 0.4) is 0 Å². The van der Waals surface area contributed by atoms with Gasteiger partial charge in [0.2, 0.25) is 0 Å². The number of ether oxygens (including phenoxy) is 1. The first-order valence-corrected chi connectivity index (χ1v) is 6.28. The molecule has 1 aliphatic carbocycles. The molecule has 0 radical (unpaired) electrons. The molecule has 2 aliphatic rings. The average molecular weight is 217 g/mol. The van der Waals surface area contributed by atoms with E-state index < -0.39 is 0 Å². The van der Waals surface area contributed by atoms with Crippen LogP contribution in [0.15, 0.2) is 18.2 Å². The Morgan fingerprint density at radius 2 is 2.12 bits per heavy atom. The second kappa shape index (κ2) is 4.10. The van der Waals surface area contributed by atoms with E-state index in [0.29, 0.717) is 12.0 Å². The van der Waals surface area contributed by atoms with Crippen LogP contribution in [0.5, 0.6) is 5.75 Å². The molecule has 1 N–H and O–H groups in total. The van der Waals surface area contributed by atoms with Crippen molar-refractivity contribution in [2.45, 2.75) is 44.2 Å². The maximum Gasteiger partial charge on any atom is 0.119 e. The van der Waals surface area contributed by atoms with Crippen LogP contribution in [0, 0.1) is 0 Å². The number of fused-ring (bicyclic) bond motifs is 3. The van der Waals surface area contributed by atoms with Crippen LogP contribution in [-0.4, -0.2) is 13.2 Å². The molecule has 1 heterocycles. The molecule has 1 aliphatic heterocycles. The molecule has 2 nitrogen and oxygen atoms in total. The standard InChI is InChI=1S/C14H19NO/c1-16-11-7-6-10-9-15-14-5-3-2-4-12(14)13(10)8-11/h6-8,12,14-15H,2-5,9H2,1H3/t12-,14+/m1/s1. The normalized spacial score (nSPS) is 28.1. The van der Waals surface area contributed by atoms with Gasteiger partial charge in [-0.15, -0.1) is 0 Å². The Kier molecular flexibility index (Phi) is 2.60. The topological polar surface area (TPSA) is 21.3 Å². The van der Waals surface area contributed by atoms with E-state index in [1.165, 1.54) is 36.8 Å². The molecule has 0 aromatic heterocycles. The van der Waals surface area contributed by atoms with E-state index in [1.54, 1.807) is 7.11 Å². The van der Waals surface area contributed by atoms with E-state index in [9.17, 15) is 0 Å². The molecule has 1 aromatic rings. The van der Waals surface area contributed by atoms with Gasteiger partial charge in [-0.2, -0.15) is 0 Å². The van der Waals surface area contributed by atoms with Gasteiger partial charge in [-0.1, -0.05) is 18.9 Å². The number of hydrogen-bond donors (Lipinski definition) is 1. The number of hydrogen-bond acceptors (Lipinski definition) is 2. The Morgan fingerprint density at radius 3 is 3.00 bits per heavy atom. The lowest BCUT2D eigenvalue weighted by Crippen LogP contribution is -2.41. The van der Waals surface area contributed by atoms with E-state index in [0.717, 1.165) is 12.3 Å². The molecule has 2 atom stereocenters. The third-order valence-corrected chi connectivity index (χ3v) is 4.07. The van der Waals surface area contributed by atoms with Gasteiger partial charge in [0.05, 0.1) is 7.11 Å². The lowest BCUT2D eigenvalue weighted by atomic mass is 9.76. The summed E-state index contributed by atoms with van der Waals surface area (Å²) in [5.41, 5.74) is 2.99. The molecule has 86 valence electrons. The summed E-state index contributed by atoms with van der Waals surface area (Å²) < 4.78 is 5.34. The highest BCUT2D eigenvalue weighted by Crippen LogP contribution is 2.39. The van der Waals surface area contributed by atoms with Crippen molar-refractivity contribution in [2.24, 2.45) is 0 Å². The van der Waals surface area contributed by atoms with Crippen molar-refractivity contribution >= 4 is 0 Å². The van der Waals surface area contributed by atoms with Crippen molar-refractivity contribution in [1.82, 2.24) is 5.32 Å². The summed E-state index contributed by atoms with van der Waals surface area (Å²) in [5, 5.41) is 3.67. The first kappa shape index (κ1) is 10.2. The first-order valence-electron chi connectivity index (χ1n) is 6.28. The fourth-order valence-corrected chi connectivity index (χ4v) is 3.19. The van der Waals surface area contributed by atoms with Crippen molar-refractivity contribution < 1.29 is 4.74 Å². The molecule has 1 aromatic carbocycles. The van der Waals surface area contributed by atoms with Crippen LogP contribution >= 0.6 is 0 Å². The average Bonchev–Trinajstić information content (AvgIpc) is 2.38. The Hall–Kier alpha value is -1.02. The van der Waals surface area contributed by atoms with E-state index in [2.05, 4.69) is 23.5 Å². The molecule has 16 heavy (non-hydrogen) atoms. The lowest BCUT2D eigenvalue weighted by Gasteiger charge is -2.38. The number of nitrogens with one attached hydrogen (secondary N) is 1. The molecular weight excluding hydrogens is 198 g/mol. The Bertz CT molecular complexity index is 388. The van der Waals surface area contributed by atoms with Gasteiger partial charge < -0.3 is 10.1 Å². The second-order valence-electron chi connectivity index (χ2n) is 4.94. The molecule has 1 fully saturated rings. The van der Waals surface area contributed by atoms with Gasteiger partial charge in [-0.3, -0.25) is 0 Å². The van der Waals surface area contributed by atoms with Crippen LogP contribution in [0.4, 0.5) is 0 Å². The van der Waals surface area contributed by atoms with Gasteiger partial charge >= 0.3 is 0 Å². The molecule has 2 heteroatoms. The summed E-state index contributed by atoms with van der Waals surface area (Å²) in [7, 11) is 1.75. The summed E-state index contributed by atoms with van der Waals surface area (Å²) in [4.78, 5) is 0. The largest absolute Gasteiger partial charge is 0.497 e. The smallest absolute Gasteiger partial charge is 0.119 e. The van der Waals surface area contributed by atoms with Gasteiger partial charge in [0.15, 0.2) is 0 Å². The molecule has 0 unspecified atom stereocenters. The first-order chi connectivity index (χ1) is 7.88. The molecule has 0 spiro atoms. The SMILES string of the molecule is COc1ccc2c(c1)[C@H]1CCCC[C@@H]1NC2. The summed E-state index contributed by atoms with van der Waals surface area (Å²) in [6, 6.07) is 7.24. The van der Waals surface area contributed by atoms with E-state index >= 15 is 0 Å². The number of benzene rings is 1. The van der Waals surface area contributed by atoms with Crippen molar-refractivity contribution in [3.05, 3.63) is 29.3 Å². The second-order valence-corrected chi connectivity index (χ2v) is 4.94. The number of rotatable bonds is 1. The molecule has 0 amide bonds. The van der Waals surface area contributed by atoms with Crippen LogP contribution in [0.25, 0.3) is 0 Å². The Labute approximate surface area is 97.0 Å². The Morgan fingerprint density at radius 1 is 1.25 bits per heavy atom. The minimum Gasteiger partial charge on any atom is -0.497 e. The monoisotopic (exact) mass is 217 g/mol. The van der Waals surface area contributed by atoms with Crippen molar-refractivity contribution in [1.29, 1.82) is 0 Å². The Balaban J connectivity index is 1.98. The fourth-order valence-electron chi connectivity index (χ4n) is 3.19. The summed E-state index contributed by atoms with van der Waals surface area (Å²) in [6.45, 7) is 1.03. The van der Waals surface area contributed by atoms with Crippen molar-refractivity contribution in [3.8, 4) is 5.75 Å². The predicted molar refractivity (Wildman–Crippen MR) is 64.8 cm³/mol. The maximum atomic E-state index is 5.34. The zero-order chi connectivity index (χ0) is 11.0. The molecule has 1 saturated carbocycles. The highest BCUT2D eigenvalue weighted by molar-refractivity contribution is 5.40. The zero-order valence-corrected chi connectivity index (χ0v) is 9.83. The van der Waals surface area contributed by atoms with Crippen LogP contribution in [0.1, 0.15) is 42.7 Å². The third kappa shape index (κ3) is 1.61. The fraction of sp³-hybridized carbons (Fsp3) is 0.571. The molecule has 3 rings (SSSR count). The summed E-state index contributed by atoms with van der Waals surface area (Å²) >= 11 is 0. The van der Waals surface area contributed by atoms with Crippen LogP contribution in [0.2, 0.25) is 0 Å². The van der Waals surface area contributed by atoms with Gasteiger partial charge in [0.25, 0.3) is 0 Å². The van der Waals surface area contributed by atoms with Crippen molar-refractivity contribution in [2.75, 3.05) is 7.11 Å². The van der Waals surface area contributed by atoms with Crippen molar-refractivity contribution in [3.63, 3.8) is 0 Å². The van der Waals surface area contributed by atoms with Gasteiger partial charge in [-0.05, 0) is 42.0 Å². The lowest BCUT2D eigenvalue weighted by molar-refractivity contribution is 0.306. The highest BCUT2D eigenvalue weighted by Gasteiger charge is 2.31. The third-order valence-electron chi connectivity index (χ3n) is 4.07. The maximum absolute atomic E-state index is 5.34. The van der Waals surface area contributed by atoms with E-state index in [1.807, 2.05) is 0 Å². The van der Waals surface area contributed by atoms with E-state index in [4.69, 9.17) is 4.74 Å². The quantitative estimate of drug-likeness (QED) is 0.781. The minimum atomic E-state index is 0.702. The van der Waals surface area contributed by atoms with E-state index in [-0.39, 0.29) is 0 Å². The van der Waals surface area contributed by atoms with Crippen LogP contribution < -0.4 is 10.1 Å².